The highest BCUT2D eigenvalue weighted by molar-refractivity contribution is 6.30. The van der Waals surface area contributed by atoms with E-state index in [0.29, 0.717) is 23.4 Å². The number of ketones is 1. The minimum absolute atomic E-state index is 0.153. The fourth-order valence-electron chi connectivity index (χ4n) is 2.09. The second-order valence-corrected chi connectivity index (χ2v) is 4.82. The predicted octanol–water partition coefficient (Wildman–Crippen LogP) is 4.09. The van der Waals surface area contributed by atoms with Gasteiger partial charge in [-0.3, -0.25) is 4.79 Å². The van der Waals surface area contributed by atoms with Crippen LogP contribution in [0.5, 0.6) is 0 Å². The maximum absolute atomic E-state index is 13.6. The molecule has 1 aliphatic rings. The van der Waals surface area contributed by atoms with Gasteiger partial charge >= 0.3 is 0 Å². The van der Waals surface area contributed by atoms with E-state index >= 15 is 0 Å². The van der Waals surface area contributed by atoms with Crippen molar-refractivity contribution in [2.75, 3.05) is 0 Å². The van der Waals surface area contributed by atoms with Gasteiger partial charge in [0.05, 0.1) is 0 Å². The molecule has 0 aromatic heterocycles. The van der Waals surface area contributed by atoms with Gasteiger partial charge in [-0.2, -0.15) is 0 Å². The number of hydrogen-bond donors (Lipinski definition) is 0. The van der Waals surface area contributed by atoms with Crippen LogP contribution in [-0.2, 0) is 11.2 Å². The van der Waals surface area contributed by atoms with Crippen LogP contribution in [0.2, 0.25) is 5.02 Å². The average Bonchev–Trinajstić information content (AvgIpc) is 2.48. The van der Waals surface area contributed by atoms with Crippen LogP contribution in [0.15, 0.2) is 29.8 Å². The minimum atomic E-state index is -0.257. The Morgan fingerprint density at radius 3 is 2.82 bits per heavy atom. The molecule has 0 radical (unpaired) electrons. The molecule has 17 heavy (non-hydrogen) atoms. The molecular weight excluding hydrogens is 239 g/mol. The number of hydrogen-bond acceptors (Lipinski definition) is 1. The number of carbonyl (C=O) groups excluding carboxylic acids is 1. The molecular formula is C14H14ClFO. The molecule has 0 spiro atoms. The largest absolute Gasteiger partial charge is 0.295 e. The lowest BCUT2D eigenvalue weighted by Gasteiger charge is -2.06. The summed E-state index contributed by atoms with van der Waals surface area (Å²) in [5, 5.41) is 0.530. The zero-order valence-corrected chi connectivity index (χ0v) is 10.3. The van der Waals surface area contributed by atoms with Gasteiger partial charge in [-0.25, -0.2) is 4.39 Å². The van der Waals surface area contributed by atoms with E-state index in [1.165, 1.54) is 12.1 Å². The predicted molar refractivity (Wildman–Crippen MR) is 66.7 cm³/mol. The van der Waals surface area contributed by atoms with Gasteiger partial charge in [-0.1, -0.05) is 17.2 Å². The Morgan fingerprint density at radius 1 is 1.24 bits per heavy atom. The van der Waals surface area contributed by atoms with Gasteiger partial charge in [0.25, 0.3) is 0 Å². The monoisotopic (exact) mass is 252 g/mol. The first-order valence-corrected chi connectivity index (χ1v) is 6.19. The number of carbonyl (C=O) groups is 1. The Bertz CT molecular complexity index is 465. The van der Waals surface area contributed by atoms with Crippen LogP contribution >= 0.6 is 11.6 Å². The second kappa shape index (κ2) is 5.46. The van der Waals surface area contributed by atoms with Crippen molar-refractivity contribution in [3.63, 3.8) is 0 Å². The third-order valence-electron chi connectivity index (χ3n) is 2.96. The first kappa shape index (κ1) is 12.3. The van der Waals surface area contributed by atoms with Crippen molar-refractivity contribution in [2.24, 2.45) is 0 Å². The highest BCUT2D eigenvalue weighted by atomic mass is 35.5. The highest BCUT2D eigenvalue weighted by Gasteiger charge is 2.11. The maximum Gasteiger partial charge on any atom is 0.155 e. The number of benzene rings is 1. The van der Waals surface area contributed by atoms with Crippen molar-refractivity contribution in [3.05, 3.63) is 46.3 Å². The van der Waals surface area contributed by atoms with Gasteiger partial charge in [-0.15, -0.1) is 0 Å². The van der Waals surface area contributed by atoms with E-state index in [1.807, 2.05) is 0 Å². The summed E-state index contributed by atoms with van der Waals surface area (Å²) in [7, 11) is 0. The van der Waals surface area contributed by atoms with Gasteiger partial charge < -0.3 is 0 Å². The third-order valence-corrected chi connectivity index (χ3v) is 3.20. The lowest BCUT2D eigenvalue weighted by molar-refractivity contribution is -0.114. The highest BCUT2D eigenvalue weighted by Crippen LogP contribution is 2.22. The molecule has 0 saturated carbocycles. The summed E-state index contributed by atoms with van der Waals surface area (Å²) in [5.41, 5.74) is 1.58. The summed E-state index contributed by atoms with van der Waals surface area (Å²) >= 11 is 5.84. The Morgan fingerprint density at radius 2 is 2.00 bits per heavy atom. The van der Waals surface area contributed by atoms with Crippen LogP contribution in [0.1, 0.15) is 31.2 Å². The molecule has 1 aromatic rings. The first-order chi connectivity index (χ1) is 8.15. The van der Waals surface area contributed by atoms with Gasteiger partial charge in [-0.05, 0) is 55.5 Å². The SMILES string of the molecule is O=C1C=C(Cc2cc(Cl)ccc2F)CCCC1. The Labute approximate surface area is 105 Å². The Balaban J connectivity index is 2.19. The van der Waals surface area contributed by atoms with Gasteiger partial charge in [0.1, 0.15) is 5.82 Å². The first-order valence-electron chi connectivity index (χ1n) is 5.81. The molecule has 0 heterocycles. The summed E-state index contributed by atoms with van der Waals surface area (Å²) in [5.74, 6) is -0.105. The molecule has 0 saturated heterocycles. The quantitative estimate of drug-likeness (QED) is 0.775. The van der Waals surface area contributed by atoms with Crippen molar-refractivity contribution in [1.29, 1.82) is 0 Å². The number of halogens is 2. The van der Waals surface area contributed by atoms with E-state index < -0.39 is 0 Å². The lowest BCUT2D eigenvalue weighted by Crippen LogP contribution is -1.96. The van der Waals surface area contributed by atoms with Crippen LogP contribution in [0.4, 0.5) is 4.39 Å². The van der Waals surface area contributed by atoms with Crippen molar-refractivity contribution in [2.45, 2.75) is 32.1 Å². The maximum atomic E-state index is 13.6. The molecule has 0 aliphatic heterocycles. The average molecular weight is 253 g/mol. The minimum Gasteiger partial charge on any atom is -0.295 e. The fourth-order valence-corrected chi connectivity index (χ4v) is 2.28. The van der Waals surface area contributed by atoms with Crippen molar-refractivity contribution < 1.29 is 9.18 Å². The number of allylic oxidation sites excluding steroid dienone is 2. The van der Waals surface area contributed by atoms with E-state index in [0.717, 1.165) is 24.8 Å². The molecule has 1 aliphatic carbocycles. The standard InChI is InChI=1S/C14H14ClFO/c15-12-5-6-14(16)11(9-12)7-10-3-1-2-4-13(17)8-10/h5-6,8-9H,1-4,7H2. The van der Waals surface area contributed by atoms with Gasteiger partial charge in [0, 0.05) is 11.4 Å². The van der Waals surface area contributed by atoms with E-state index in [2.05, 4.69) is 0 Å². The zero-order chi connectivity index (χ0) is 12.3. The summed E-state index contributed by atoms with van der Waals surface area (Å²) in [6, 6.07) is 4.54. The summed E-state index contributed by atoms with van der Waals surface area (Å²) in [6.07, 6.45) is 5.57. The van der Waals surface area contributed by atoms with Crippen molar-refractivity contribution >= 4 is 17.4 Å². The van der Waals surface area contributed by atoms with Gasteiger partial charge in [0.15, 0.2) is 5.78 Å². The molecule has 0 N–H and O–H groups in total. The molecule has 0 unspecified atom stereocenters. The molecule has 0 fully saturated rings. The number of rotatable bonds is 2. The molecule has 0 atom stereocenters. The third kappa shape index (κ3) is 3.40. The van der Waals surface area contributed by atoms with E-state index in [-0.39, 0.29) is 11.6 Å². The molecule has 90 valence electrons. The Hall–Kier alpha value is -1.15. The summed E-state index contributed by atoms with van der Waals surface area (Å²) in [6.45, 7) is 0. The molecule has 0 amide bonds. The smallest absolute Gasteiger partial charge is 0.155 e. The normalized spacial score (nSPS) is 16.6. The van der Waals surface area contributed by atoms with E-state index in [1.54, 1.807) is 12.1 Å². The molecule has 2 rings (SSSR count). The summed E-state index contributed by atoms with van der Waals surface area (Å²) < 4.78 is 13.6. The molecule has 1 nitrogen and oxygen atoms in total. The lowest BCUT2D eigenvalue weighted by atomic mass is 10.0. The van der Waals surface area contributed by atoms with Crippen molar-refractivity contribution in [3.8, 4) is 0 Å². The summed E-state index contributed by atoms with van der Waals surface area (Å²) in [4.78, 5) is 11.4. The van der Waals surface area contributed by atoms with Crippen molar-refractivity contribution in [1.82, 2.24) is 0 Å². The molecule has 0 bridgehead atoms. The van der Waals surface area contributed by atoms with Crippen LogP contribution in [0.3, 0.4) is 0 Å². The molecule has 3 heteroatoms. The van der Waals surface area contributed by atoms with Gasteiger partial charge in [0.2, 0.25) is 0 Å². The van der Waals surface area contributed by atoms with Crippen LogP contribution < -0.4 is 0 Å². The van der Waals surface area contributed by atoms with Crippen LogP contribution in [-0.4, -0.2) is 5.78 Å². The van der Waals surface area contributed by atoms with E-state index in [4.69, 9.17) is 11.6 Å². The zero-order valence-electron chi connectivity index (χ0n) is 9.51. The molecule has 1 aromatic carbocycles. The van der Waals surface area contributed by atoms with Crippen LogP contribution in [0, 0.1) is 5.82 Å². The van der Waals surface area contributed by atoms with E-state index in [9.17, 15) is 9.18 Å². The topological polar surface area (TPSA) is 17.1 Å². The Kier molecular flexibility index (Phi) is 3.95. The van der Waals surface area contributed by atoms with Crippen LogP contribution in [0.25, 0.3) is 0 Å². The fraction of sp³-hybridized carbons (Fsp3) is 0.357. The second-order valence-electron chi connectivity index (χ2n) is 4.39.